The van der Waals surface area contributed by atoms with Crippen molar-refractivity contribution in [3.63, 3.8) is 0 Å². The fraction of sp³-hybridized carbons (Fsp3) is 0.0556. The lowest BCUT2D eigenvalue weighted by Crippen LogP contribution is -2.03. The second-order valence-electron chi connectivity index (χ2n) is 5.09. The van der Waals surface area contributed by atoms with Crippen molar-refractivity contribution in [1.29, 1.82) is 0 Å². The molecule has 0 saturated heterocycles. The van der Waals surface area contributed by atoms with Gasteiger partial charge in [0, 0.05) is 10.6 Å². The molecule has 0 amide bonds. The second kappa shape index (κ2) is 8.31. The van der Waals surface area contributed by atoms with Crippen molar-refractivity contribution < 1.29 is 9.53 Å². The molecule has 1 heterocycles. The van der Waals surface area contributed by atoms with Crippen LogP contribution >= 0.6 is 34.5 Å². The van der Waals surface area contributed by atoms with Crippen molar-refractivity contribution in [2.24, 2.45) is 5.10 Å². The predicted molar refractivity (Wildman–Crippen MR) is 107 cm³/mol. The summed E-state index contributed by atoms with van der Waals surface area (Å²) in [4.78, 5) is 17.0. The highest BCUT2D eigenvalue weighted by Gasteiger charge is 2.20. The van der Waals surface area contributed by atoms with Crippen LogP contribution in [0.2, 0.25) is 10.0 Å². The normalized spacial score (nSPS) is 10.9. The second-order valence-corrected chi connectivity index (χ2v) is 6.93. The number of carbonyl (C=O) groups excluding carboxylic acids is 1. The number of hydrazone groups is 1. The van der Waals surface area contributed by atoms with E-state index in [1.165, 1.54) is 18.4 Å². The first kappa shape index (κ1) is 18.4. The van der Waals surface area contributed by atoms with Crippen LogP contribution in [0, 0.1) is 0 Å². The zero-order chi connectivity index (χ0) is 18.5. The number of aromatic nitrogens is 1. The van der Waals surface area contributed by atoms with Gasteiger partial charge in [-0.15, -0.1) is 0 Å². The van der Waals surface area contributed by atoms with E-state index in [2.05, 4.69) is 15.5 Å². The molecule has 0 fully saturated rings. The van der Waals surface area contributed by atoms with Crippen LogP contribution in [-0.4, -0.2) is 24.3 Å². The standard InChI is InChI=1S/C18H13Cl2N3O2S/c1-25-17(24)15-16(11-5-3-2-4-6-11)26-18(22-15)23-21-10-12-7-8-13(19)9-14(12)20/h2-10H,1H3,(H,22,23)/b21-10+. The fourth-order valence-corrected chi connectivity index (χ4v) is 3.52. The molecular formula is C18H13Cl2N3O2S. The molecule has 0 saturated carbocycles. The Morgan fingerprint density at radius 2 is 2.00 bits per heavy atom. The summed E-state index contributed by atoms with van der Waals surface area (Å²) < 4.78 is 4.82. The number of benzene rings is 2. The van der Waals surface area contributed by atoms with Gasteiger partial charge in [-0.05, 0) is 17.7 Å². The molecule has 3 aromatic rings. The Kier molecular flexibility index (Phi) is 5.88. The molecule has 26 heavy (non-hydrogen) atoms. The topological polar surface area (TPSA) is 63.6 Å². The Balaban J connectivity index is 1.85. The Morgan fingerprint density at radius 3 is 2.69 bits per heavy atom. The number of hydrogen-bond donors (Lipinski definition) is 1. The van der Waals surface area contributed by atoms with Gasteiger partial charge in [-0.1, -0.05) is 70.9 Å². The number of anilines is 1. The van der Waals surface area contributed by atoms with Gasteiger partial charge in [-0.2, -0.15) is 5.10 Å². The van der Waals surface area contributed by atoms with Gasteiger partial charge in [0.05, 0.1) is 23.2 Å². The number of thiazole rings is 1. The molecule has 5 nitrogen and oxygen atoms in total. The molecule has 1 N–H and O–H groups in total. The molecule has 0 aliphatic heterocycles. The summed E-state index contributed by atoms with van der Waals surface area (Å²) in [5.74, 6) is -0.502. The summed E-state index contributed by atoms with van der Waals surface area (Å²) in [6.45, 7) is 0. The third-order valence-corrected chi connectivity index (χ3v) is 4.94. The van der Waals surface area contributed by atoms with Gasteiger partial charge in [-0.3, -0.25) is 5.43 Å². The predicted octanol–water partition coefficient (Wildman–Crippen LogP) is 5.35. The van der Waals surface area contributed by atoms with E-state index in [4.69, 9.17) is 27.9 Å². The van der Waals surface area contributed by atoms with Crippen LogP contribution in [0.1, 0.15) is 16.1 Å². The van der Waals surface area contributed by atoms with Gasteiger partial charge in [0.1, 0.15) is 0 Å². The summed E-state index contributed by atoms with van der Waals surface area (Å²) in [6.07, 6.45) is 1.56. The molecule has 0 aliphatic carbocycles. The van der Waals surface area contributed by atoms with Gasteiger partial charge < -0.3 is 4.74 Å². The number of ether oxygens (including phenoxy) is 1. The van der Waals surface area contributed by atoms with Crippen molar-refractivity contribution >= 4 is 51.9 Å². The van der Waals surface area contributed by atoms with Crippen molar-refractivity contribution in [2.45, 2.75) is 0 Å². The number of methoxy groups -OCH3 is 1. The number of nitrogens with zero attached hydrogens (tertiary/aromatic N) is 2. The number of nitrogens with one attached hydrogen (secondary N) is 1. The lowest BCUT2D eigenvalue weighted by Gasteiger charge is -1.99. The molecule has 1 aromatic heterocycles. The van der Waals surface area contributed by atoms with Crippen LogP contribution in [0.15, 0.2) is 53.6 Å². The molecule has 0 atom stereocenters. The van der Waals surface area contributed by atoms with Crippen molar-refractivity contribution in [2.75, 3.05) is 12.5 Å². The first-order chi connectivity index (χ1) is 12.6. The summed E-state index contributed by atoms with van der Waals surface area (Å²) >= 11 is 13.3. The maximum absolute atomic E-state index is 12.0. The van der Waals surface area contributed by atoms with Crippen LogP contribution in [0.5, 0.6) is 0 Å². The van der Waals surface area contributed by atoms with E-state index in [1.54, 1.807) is 24.4 Å². The average Bonchev–Trinajstić information content (AvgIpc) is 3.08. The van der Waals surface area contributed by atoms with Crippen molar-refractivity contribution in [1.82, 2.24) is 4.98 Å². The summed E-state index contributed by atoms with van der Waals surface area (Å²) in [5, 5.41) is 5.63. The van der Waals surface area contributed by atoms with Crippen LogP contribution in [-0.2, 0) is 4.74 Å². The number of halogens is 2. The molecule has 132 valence electrons. The van der Waals surface area contributed by atoms with Gasteiger partial charge in [0.15, 0.2) is 5.69 Å². The largest absolute Gasteiger partial charge is 0.464 e. The van der Waals surface area contributed by atoms with E-state index in [9.17, 15) is 4.79 Å². The highest BCUT2D eigenvalue weighted by molar-refractivity contribution is 7.19. The first-order valence-corrected chi connectivity index (χ1v) is 9.04. The third-order valence-electron chi connectivity index (χ3n) is 3.37. The van der Waals surface area contributed by atoms with Gasteiger partial charge >= 0.3 is 5.97 Å². The first-order valence-electron chi connectivity index (χ1n) is 7.47. The average molecular weight is 406 g/mol. The van der Waals surface area contributed by atoms with Gasteiger partial charge in [0.25, 0.3) is 0 Å². The number of esters is 1. The highest BCUT2D eigenvalue weighted by atomic mass is 35.5. The summed E-state index contributed by atoms with van der Waals surface area (Å²) in [6, 6.07) is 14.6. The smallest absolute Gasteiger partial charge is 0.358 e. The Bertz CT molecular complexity index is 958. The monoisotopic (exact) mass is 405 g/mol. The number of carbonyl (C=O) groups is 1. The van der Waals surface area contributed by atoms with Crippen molar-refractivity contribution in [3.05, 3.63) is 69.8 Å². The molecule has 8 heteroatoms. The van der Waals surface area contributed by atoms with Crippen molar-refractivity contribution in [3.8, 4) is 10.4 Å². The minimum absolute atomic E-state index is 0.242. The number of rotatable bonds is 5. The van der Waals surface area contributed by atoms with E-state index in [-0.39, 0.29) is 5.69 Å². The summed E-state index contributed by atoms with van der Waals surface area (Å²) in [5.41, 5.74) is 4.65. The SMILES string of the molecule is COC(=O)c1nc(N/N=C/c2ccc(Cl)cc2Cl)sc1-c1ccccc1. The van der Waals surface area contributed by atoms with Gasteiger partial charge in [0.2, 0.25) is 5.13 Å². The molecule has 0 aliphatic rings. The van der Waals surface area contributed by atoms with Crippen LogP contribution in [0.25, 0.3) is 10.4 Å². The molecule has 0 bridgehead atoms. The van der Waals surface area contributed by atoms with E-state index in [0.29, 0.717) is 25.6 Å². The zero-order valence-corrected chi connectivity index (χ0v) is 15.9. The Hall–Kier alpha value is -2.41. The van der Waals surface area contributed by atoms with Crippen LogP contribution in [0.3, 0.4) is 0 Å². The fourth-order valence-electron chi connectivity index (χ4n) is 2.15. The molecule has 0 radical (unpaired) electrons. The third kappa shape index (κ3) is 4.22. The minimum Gasteiger partial charge on any atom is -0.464 e. The van der Waals surface area contributed by atoms with E-state index in [0.717, 1.165) is 5.56 Å². The van der Waals surface area contributed by atoms with Crippen LogP contribution in [0.4, 0.5) is 5.13 Å². The lowest BCUT2D eigenvalue weighted by molar-refractivity contribution is 0.0596. The Labute approximate surface area is 164 Å². The lowest BCUT2D eigenvalue weighted by atomic mass is 10.1. The minimum atomic E-state index is -0.502. The molecule has 0 unspecified atom stereocenters. The molecule has 2 aromatic carbocycles. The molecule has 3 rings (SSSR count). The van der Waals surface area contributed by atoms with E-state index < -0.39 is 5.97 Å². The maximum Gasteiger partial charge on any atom is 0.358 e. The van der Waals surface area contributed by atoms with E-state index in [1.807, 2.05) is 30.3 Å². The highest BCUT2D eigenvalue weighted by Crippen LogP contribution is 2.33. The Morgan fingerprint density at radius 1 is 1.23 bits per heavy atom. The molecule has 0 spiro atoms. The maximum atomic E-state index is 12.0. The van der Waals surface area contributed by atoms with E-state index >= 15 is 0 Å². The van der Waals surface area contributed by atoms with Crippen LogP contribution < -0.4 is 5.43 Å². The summed E-state index contributed by atoms with van der Waals surface area (Å²) in [7, 11) is 1.32. The molecular weight excluding hydrogens is 393 g/mol. The quantitative estimate of drug-likeness (QED) is 0.353. The zero-order valence-electron chi connectivity index (χ0n) is 13.6. The van der Waals surface area contributed by atoms with Gasteiger partial charge in [-0.25, -0.2) is 9.78 Å². The number of hydrogen-bond acceptors (Lipinski definition) is 6.